The van der Waals surface area contributed by atoms with Crippen molar-refractivity contribution < 1.29 is 13.9 Å². The van der Waals surface area contributed by atoms with Gasteiger partial charge in [0.05, 0.1) is 12.7 Å². The highest BCUT2D eigenvalue weighted by molar-refractivity contribution is 5.85. The number of likely N-dealkylation sites (tertiary alicyclic amines) is 1. The van der Waals surface area contributed by atoms with E-state index in [4.69, 9.17) is 10.5 Å². The van der Waals surface area contributed by atoms with E-state index in [0.29, 0.717) is 53.9 Å². The van der Waals surface area contributed by atoms with Gasteiger partial charge in [-0.15, -0.1) is 0 Å². The minimum Gasteiger partial charge on any atom is -0.444 e. The second-order valence-corrected chi connectivity index (χ2v) is 10.7. The van der Waals surface area contributed by atoms with Gasteiger partial charge >= 0.3 is 6.09 Å². The van der Waals surface area contributed by atoms with E-state index >= 15 is 0 Å². The SMILES string of the molecule is Cc1nc(N)c2nc(-c3cncc(F)c3)n(Cc3ccc(C4CCN(C(=O)OC(C)(C)C)CC4)cc3)c2n1. The third-order valence-electron chi connectivity index (χ3n) is 6.63. The maximum absolute atomic E-state index is 14.0. The summed E-state index contributed by atoms with van der Waals surface area (Å²) in [7, 11) is 0. The molecule has 1 fully saturated rings. The van der Waals surface area contributed by atoms with Gasteiger partial charge in [0.25, 0.3) is 0 Å². The molecule has 0 bridgehead atoms. The first-order valence-electron chi connectivity index (χ1n) is 12.8. The lowest BCUT2D eigenvalue weighted by Crippen LogP contribution is -2.41. The van der Waals surface area contributed by atoms with Crippen molar-refractivity contribution in [3.05, 3.63) is 65.5 Å². The molecule has 1 aromatic carbocycles. The molecule has 10 heteroatoms. The Labute approximate surface area is 220 Å². The van der Waals surface area contributed by atoms with Crippen LogP contribution in [0.4, 0.5) is 15.0 Å². The molecule has 1 aliphatic heterocycles. The molecule has 198 valence electrons. The smallest absolute Gasteiger partial charge is 0.410 e. The standard InChI is InChI=1S/C28H32FN7O2/c1-17-32-24(30)23-26(33-17)36(25(34-23)21-13-22(29)15-31-14-21)16-18-5-7-19(8-6-18)20-9-11-35(12-10-20)27(37)38-28(2,3)4/h5-8,13-15,20H,9-12,16H2,1-4H3,(H2,30,32,33). The average Bonchev–Trinajstić information content (AvgIpc) is 3.22. The van der Waals surface area contributed by atoms with E-state index in [9.17, 15) is 9.18 Å². The number of piperidine rings is 1. The predicted octanol–water partition coefficient (Wildman–Crippen LogP) is 5.08. The lowest BCUT2D eigenvalue weighted by Gasteiger charge is -2.33. The third kappa shape index (κ3) is 5.44. The van der Waals surface area contributed by atoms with Gasteiger partial charge in [0.2, 0.25) is 0 Å². The van der Waals surface area contributed by atoms with Crippen LogP contribution in [-0.4, -0.2) is 54.2 Å². The fourth-order valence-corrected chi connectivity index (χ4v) is 4.84. The van der Waals surface area contributed by atoms with E-state index in [1.165, 1.54) is 11.6 Å². The first-order chi connectivity index (χ1) is 18.1. The molecule has 1 aliphatic rings. The van der Waals surface area contributed by atoms with E-state index in [0.717, 1.165) is 24.6 Å². The lowest BCUT2D eigenvalue weighted by atomic mass is 9.89. The van der Waals surface area contributed by atoms with Crippen LogP contribution in [-0.2, 0) is 11.3 Å². The molecule has 5 rings (SSSR count). The van der Waals surface area contributed by atoms with Crippen molar-refractivity contribution in [2.75, 3.05) is 18.8 Å². The molecule has 4 heterocycles. The van der Waals surface area contributed by atoms with Crippen molar-refractivity contribution in [1.82, 2.24) is 29.4 Å². The van der Waals surface area contributed by atoms with E-state index in [-0.39, 0.29) is 11.9 Å². The van der Waals surface area contributed by atoms with Crippen LogP contribution >= 0.6 is 0 Å². The number of halogens is 1. The number of aryl methyl sites for hydroxylation is 1. The van der Waals surface area contributed by atoms with Crippen LogP contribution < -0.4 is 5.73 Å². The van der Waals surface area contributed by atoms with Crippen LogP contribution in [0.1, 0.15) is 56.5 Å². The number of amides is 1. The second kappa shape index (κ2) is 10.00. The highest BCUT2D eigenvalue weighted by Crippen LogP contribution is 2.31. The highest BCUT2D eigenvalue weighted by Gasteiger charge is 2.27. The van der Waals surface area contributed by atoms with Crippen molar-refractivity contribution >= 4 is 23.1 Å². The van der Waals surface area contributed by atoms with Gasteiger partial charge < -0.3 is 19.9 Å². The zero-order valence-corrected chi connectivity index (χ0v) is 22.1. The molecule has 0 unspecified atom stereocenters. The molecular formula is C28H32FN7O2. The molecule has 9 nitrogen and oxygen atoms in total. The van der Waals surface area contributed by atoms with Gasteiger partial charge in [-0.2, -0.15) is 0 Å². The molecule has 0 atom stereocenters. The summed E-state index contributed by atoms with van der Waals surface area (Å²) in [5.41, 5.74) is 9.54. The van der Waals surface area contributed by atoms with E-state index in [1.54, 1.807) is 18.0 Å². The van der Waals surface area contributed by atoms with Gasteiger partial charge in [-0.05, 0) is 63.6 Å². The molecule has 0 saturated carbocycles. The fourth-order valence-electron chi connectivity index (χ4n) is 4.84. The first kappa shape index (κ1) is 25.6. The molecule has 0 radical (unpaired) electrons. The van der Waals surface area contributed by atoms with Gasteiger partial charge in [-0.3, -0.25) is 4.98 Å². The van der Waals surface area contributed by atoms with Crippen molar-refractivity contribution in [3.8, 4) is 11.4 Å². The predicted molar refractivity (Wildman–Crippen MR) is 143 cm³/mol. The van der Waals surface area contributed by atoms with Crippen LogP contribution in [0.3, 0.4) is 0 Å². The van der Waals surface area contributed by atoms with E-state index in [2.05, 4.69) is 44.2 Å². The van der Waals surface area contributed by atoms with E-state index in [1.807, 2.05) is 25.3 Å². The number of nitrogens with two attached hydrogens (primary N) is 1. The summed E-state index contributed by atoms with van der Waals surface area (Å²) in [4.78, 5) is 31.7. The van der Waals surface area contributed by atoms with Crippen molar-refractivity contribution in [2.45, 2.75) is 58.6 Å². The summed E-state index contributed by atoms with van der Waals surface area (Å²) in [5, 5.41) is 0. The van der Waals surface area contributed by atoms with E-state index < -0.39 is 11.4 Å². The third-order valence-corrected chi connectivity index (χ3v) is 6.63. The zero-order chi connectivity index (χ0) is 27.0. The number of hydrogen-bond donors (Lipinski definition) is 1. The summed E-state index contributed by atoms with van der Waals surface area (Å²) in [6, 6.07) is 9.85. The largest absolute Gasteiger partial charge is 0.444 e. The van der Waals surface area contributed by atoms with Crippen molar-refractivity contribution in [1.29, 1.82) is 0 Å². The lowest BCUT2D eigenvalue weighted by molar-refractivity contribution is 0.0205. The number of benzene rings is 1. The zero-order valence-electron chi connectivity index (χ0n) is 22.1. The molecule has 3 aromatic heterocycles. The molecule has 0 spiro atoms. The number of anilines is 1. The first-order valence-corrected chi connectivity index (χ1v) is 12.8. The summed E-state index contributed by atoms with van der Waals surface area (Å²) in [5.74, 6) is 1.27. The summed E-state index contributed by atoms with van der Waals surface area (Å²) >= 11 is 0. The molecule has 4 aromatic rings. The number of aromatic nitrogens is 5. The Kier molecular flexibility index (Phi) is 6.73. The number of carbonyl (C=O) groups excluding carboxylic acids is 1. The molecule has 38 heavy (non-hydrogen) atoms. The number of nitrogens with zero attached hydrogens (tertiary/aromatic N) is 6. The average molecular weight is 518 g/mol. The molecule has 0 aliphatic carbocycles. The van der Waals surface area contributed by atoms with Crippen molar-refractivity contribution in [2.24, 2.45) is 0 Å². The second-order valence-electron chi connectivity index (χ2n) is 10.7. The normalized spacial score (nSPS) is 14.7. The summed E-state index contributed by atoms with van der Waals surface area (Å²) < 4.78 is 21.4. The molecule has 1 saturated heterocycles. The Morgan fingerprint density at radius 2 is 1.82 bits per heavy atom. The minimum atomic E-state index is -0.494. The number of ether oxygens (including phenoxy) is 1. The van der Waals surface area contributed by atoms with Crippen LogP contribution in [0, 0.1) is 12.7 Å². The number of imidazole rings is 1. The maximum Gasteiger partial charge on any atom is 0.410 e. The Balaban J connectivity index is 1.36. The van der Waals surface area contributed by atoms with Gasteiger partial charge in [-0.1, -0.05) is 24.3 Å². The Morgan fingerprint density at radius 3 is 2.47 bits per heavy atom. The van der Waals surface area contributed by atoms with Gasteiger partial charge in [-0.25, -0.2) is 24.1 Å². The topological polar surface area (TPSA) is 112 Å². The van der Waals surface area contributed by atoms with Crippen molar-refractivity contribution in [3.63, 3.8) is 0 Å². The Morgan fingerprint density at radius 1 is 1.11 bits per heavy atom. The maximum atomic E-state index is 14.0. The Hall–Kier alpha value is -4.08. The molecule has 1 amide bonds. The monoisotopic (exact) mass is 517 g/mol. The molecule has 2 N–H and O–H groups in total. The van der Waals surface area contributed by atoms with Crippen LogP contribution in [0.15, 0.2) is 42.7 Å². The number of nitrogen functional groups attached to an aromatic ring is 1. The number of rotatable bonds is 4. The minimum absolute atomic E-state index is 0.247. The van der Waals surface area contributed by atoms with Crippen LogP contribution in [0.25, 0.3) is 22.6 Å². The Bertz CT molecular complexity index is 1470. The van der Waals surface area contributed by atoms with Gasteiger partial charge in [0.15, 0.2) is 17.0 Å². The summed E-state index contributed by atoms with van der Waals surface area (Å²) in [6.07, 6.45) is 4.26. The number of carbonyl (C=O) groups is 1. The number of pyridine rings is 1. The van der Waals surface area contributed by atoms with Gasteiger partial charge in [0.1, 0.15) is 23.1 Å². The number of hydrogen-bond acceptors (Lipinski definition) is 7. The fraction of sp³-hybridized carbons (Fsp3) is 0.393. The van der Waals surface area contributed by atoms with Crippen LogP contribution in [0.5, 0.6) is 0 Å². The molecular weight excluding hydrogens is 485 g/mol. The number of fused-ring (bicyclic) bond motifs is 1. The quantitative estimate of drug-likeness (QED) is 0.402. The summed E-state index contributed by atoms with van der Waals surface area (Å²) in [6.45, 7) is 9.24. The van der Waals surface area contributed by atoms with Gasteiger partial charge in [0, 0.05) is 24.8 Å². The van der Waals surface area contributed by atoms with Crippen LogP contribution in [0.2, 0.25) is 0 Å². The highest BCUT2D eigenvalue weighted by atomic mass is 19.1.